The van der Waals surface area contributed by atoms with Gasteiger partial charge in [0.05, 0.1) is 0 Å². The minimum Gasteiger partial charge on any atom is -0.308 e. The van der Waals surface area contributed by atoms with Gasteiger partial charge in [-0.05, 0) is 24.8 Å². The predicted molar refractivity (Wildman–Crippen MR) is 68.5 cm³/mol. The molecule has 0 aromatic heterocycles. The van der Waals surface area contributed by atoms with Gasteiger partial charge in [-0.25, -0.2) is 0 Å². The second-order valence-corrected chi connectivity index (χ2v) is 5.03. The molecule has 0 spiro atoms. The lowest BCUT2D eigenvalue weighted by Crippen LogP contribution is -2.24. The van der Waals surface area contributed by atoms with Gasteiger partial charge in [-0.3, -0.25) is 4.79 Å². The van der Waals surface area contributed by atoms with E-state index in [0.717, 1.165) is 35.7 Å². The van der Waals surface area contributed by atoms with Crippen LogP contribution in [0.5, 0.6) is 0 Å². The fraction of sp³-hybridized carbons (Fsp3) is 0.400. The topological polar surface area (TPSA) is 20.3 Å². The first-order valence-corrected chi connectivity index (χ1v) is 6.37. The third kappa shape index (κ3) is 1.88. The molecule has 1 aromatic rings. The zero-order valence-corrected chi connectivity index (χ0v) is 9.98. The zero-order chi connectivity index (χ0) is 11.8. The Kier molecular flexibility index (Phi) is 2.50. The summed E-state index contributed by atoms with van der Waals surface area (Å²) in [5, 5.41) is 0. The zero-order valence-electron chi connectivity index (χ0n) is 9.98. The minimum absolute atomic E-state index is 0.126. The molecule has 0 N–H and O–H groups in total. The van der Waals surface area contributed by atoms with Crippen LogP contribution in [0.3, 0.4) is 0 Å². The third-order valence-corrected chi connectivity index (χ3v) is 3.73. The molecule has 88 valence electrons. The number of rotatable bonds is 4. The monoisotopic (exact) mass is 227 g/mol. The van der Waals surface area contributed by atoms with E-state index in [1.54, 1.807) is 0 Å². The van der Waals surface area contributed by atoms with E-state index in [1.807, 2.05) is 29.2 Å². The molecule has 0 saturated heterocycles. The average molecular weight is 227 g/mol. The summed E-state index contributed by atoms with van der Waals surface area (Å²) >= 11 is 0. The molecule has 1 heterocycles. The summed E-state index contributed by atoms with van der Waals surface area (Å²) in [6.45, 7) is 4.87. The third-order valence-electron chi connectivity index (χ3n) is 3.73. The quantitative estimate of drug-likeness (QED) is 0.772. The van der Waals surface area contributed by atoms with Crippen LogP contribution >= 0.6 is 0 Å². The second-order valence-electron chi connectivity index (χ2n) is 5.03. The predicted octanol–water partition coefficient (Wildman–Crippen LogP) is 3.30. The summed E-state index contributed by atoms with van der Waals surface area (Å²) in [6.07, 6.45) is 5.13. The standard InChI is InChI=1S/C15H17NO/c1-11-13-6-2-3-7-14(13)15(17)16(11)10-4-5-12-8-9-12/h2-3,6-7,12H,1,4-5,8-10H2. The van der Waals surface area contributed by atoms with Crippen molar-refractivity contribution in [2.45, 2.75) is 25.7 Å². The number of fused-ring (bicyclic) bond motifs is 1. The molecular weight excluding hydrogens is 210 g/mol. The lowest BCUT2D eigenvalue weighted by atomic mass is 10.1. The lowest BCUT2D eigenvalue weighted by molar-refractivity contribution is 0.0848. The van der Waals surface area contributed by atoms with Crippen molar-refractivity contribution in [2.75, 3.05) is 6.54 Å². The summed E-state index contributed by atoms with van der Waals surface area (Å²) < 4.78 is 0. The van der Waals surface area contributed by atoms with Crippen molar-refractivity contribution >= 4 is 11.6 Å². The molecule has 2 nitrogen and oxygen atoms in total. The average Bonchev–Trinajstić information content (AvgIpc) is 3.13. The summed E-state index contributed by atoms with van der Waals surface area (Å²) in [5.41, 5.74) is 2.69. The SMILES string of the molecule is C=C1c2ccccc2C(=O)N1CCCC1CC1. The highest BCUT2D eigenvalue weighted by atomic mass is 16.2. The van der Waals surface area contributed by atoms with Gasteiger partial charge in [-0.2, -0.15) is 0 Å². The van der Waals surface area contributed by atoms with E-state index in [4.69, 9.17) is 0 Å². The molecule has 0 unspecified atom stereocenters. The smallest absolute Gasteiger partial charge is 0.258 e. The van der Waals surface area contributed by atoms with Crippen molar-refractivity contribution in [3.05, 3.63) is 42.0 Å². The molecule has 1 aromatic carbocycles. The van der Waals surface area contributed by atoms with Crippen molar-refractivity contribution in [1.82, 2.24) is 4.90 Å². The highest BCUT2D eigenvalue weighted by Crippen LogP contribution is 2.35. The minimum atomic E-state index is 0.126. The molecule has 17 heavy (non-hydrogen) atoms. The number of hydrogen-bond acceptors (Lipinski definition) is 1. The number of carbonyl (C=O) groups excluding carboxylic acids is 1. The van der Waals surface area contributed by atoms with Gasteiger partial charge >= 0.3 is 0 Å². The van der Waals surface area contributed by atoms with Crippen LogP contribution in [0.1, 0.15) is 41.6 Å². The van der Waals surface area contributed by atoms with Gasteiger partial charge in [0.15, 0.2) is 0 Å². The molecule has 1 aliphatic carbocycles. The Morgan fingerprint density at radius 1 is 1.24 bits per heavy atom. The molecule has 2 heteroatoms. The number of hydrogen-bond donors (Lipinski definition) is 0. The van der Waals surface area contributed by atoms with Crippen molar-refractivity contribution in [1.29, 1.82) is 0 Å². The summed E-state index contributed by atoms with van der Waals surface area (Å²) in [6, 6.07) is 7.75. The van der Waals surface area contributed by atoms with Gasteiger partial charge in [0, 0.05) is 23.4 Å². The normalized spacial score (nSPS) is 18.7. The Labute approximate surface area is 102 Å². The molecule has 1 amide bonds. The van der Waals surface area contributed by atoms with Crippen molar-refractivity contribution in [3.63, 3.8) is 0 Å². The van der Waals surface area contributed by atoms with E-state index >= 15 is 0 Å². The Hall–Kier alpha value is -1.57. The number of amides is 1. The maximum absolute atomic E-state index is 12.2. The molecule has 0 radical (unpaired) electrons. The van der Waals surface area contributed by atoms with Crippen LogP contribution < -0.4 is 0 Å². The van der Waals surface area contributed by atoms with Crippen molar-refractivity contribution < 1.29 is 4.79 Å². The highest BCUT2D eigenvalue weighted by Gasteiger charge is 2.30. The van der Waals surface area contributed by atoms with Crippen LogP contribution in [-0.4, -0.2) is 17.4 Å². The Bertz CT molecular complexity index is 439. The van der Waals surface area contributed by atoms with Crippen LogP contribution in [-0.2, 0) is 0 Å². The first-order valence-electron chi connectivity index (χ1n) is 6.37. The second kappa shape index (κ2) is 4.02. The highest BCUT2D eigenvalue weighted by molar-refractivity contribution is 6.08. The van der Waals surface area contributed by atoms with Gasteiger partial charge in [0.2, 0.25) is 0 Å². The lowest BCUT2D eigenvalue weighted by Gasteiger charge is -2.17. The number of nitrogens with zero attached hydrogens (tertiary/aromatic N) is 1. The molecule has 1 fully saturated rings. The van der Waals surface area contributed by atoms with Crippen LogP contribution in [0.2, 0.25) is 0 Å². The number of carbonyl (C=O) groups is 1. The molecule has 3 rings (SSSR count). The summed E-state index contributed by atoms with van der Waals surface area (Å²) in [5.74, 6) is 1.06. The van der Waals surface area contributed by atoms with Crippen LogP contribution in [0, 0.1) is 5.92 Å². The molecular formula is C15H17NO. The Morgan fingerprint density at radius 3 is 2.59 bits per heavy atom. The van der Waals surface area contributed by atoms with E-state index in [2.05, 4.69) is 6.58 Å². The summed E-state index contributed by atoms with van der Waals surface area (Å²) in [7, 11) is 0. The summed E-state index contributed by atoms with van der Waals surface area (Å²) in [4.78, 5) is 14.0. The largest absolute Gasteiger partial charge is 0.308 e. The van der Waals surface area contributed by atoms with E-state index in [0.29, 0.717) is 0 Å². The van der Waals surface area contributed by atoms with E-state index in [1.165, 1.54) is 19.3 Å². The van der Waals surface area contributed by atoms with Gasteiger partial charge in [0.1, 0.15) is 0 Å². The van der Waals surface area contributed by atoms with Crippen molar-refractivity contribution in [2.24, 2.45) is 5.92 Å². The van der Waals surface area contributed by atoms with Crippen LogP contribution in [0.15, 0.2) is 30.8 Å². The van der Waals surface area contributed by atoms with Gasteiger partial charge in [-0.15, -0.1) is 0 Å². The first-order chi connectivity index (χ1) is 8.27. The molecule has 1 aliphatic heterocycles. The van der Waals surface area contributed by atoms with E-state index in [9.17, 15) is 4.79 Å². The van der Waals surface area contributed by atoms with Crippen molar-refractivity contribution in [3.8, 4) is 0 Å². The van der Waals surface area contributed by atoms with Crippen LogP contribution in [0.25, 0.3) is 5.70 Å². The maximum atomic E-state index is 12.2. The molecule has 1 saturated carbocycles. The molecule has 0 atom stereocenters. The Balaban J connectivity index is 1.70. The molecule has 2 aliphatic rings. The number of benzene rings is 1. The van der Waals surface area contributed by atoms with Gasteiger partial charge in [0.25, 0.3) is 5.91 Å². The van der Waals surface area contributed by atoms with E-state index < -0.39 is 0 Å². The first kappa shape index (κ1) is 10.6. The van der Waals surface area contributed by atoms with Crippen LogP contribution in [0.4, 0.5) is 0 Å². The van der Waals surface area contributed by atoms with Gasteiger partial charge in [-0.1, -0.05) is 37.6 Å². The van der Waals surface area contributed by atoms with E-state index in [-0.39, 0.29) is 5.91 Å². The fourth-order valence-electron chi connectivity index (χ4n) is 2.52. The maximum Gasteiger partial charge on any atom is 0.258 e. The Morgan fingerprint density at radius 2 is 1.94 bits per heavy atom. The van der Waals surface area contributed by atoms with Gasteiger partial charge < -0.3 is 4.90 Å². The molecule has 0 bridgehead atoms. The fourth-order valence-corrected chi connectivity index (χ4v) is 2.52.